The number of nitrogens with zero attached hydrogens (tertiary/aromatic N) is 1. The average Bonchev–Trinajstić information content (AvgIpc) is 2.06. The van der Waals surface area contributed by atoms with Crippen molar-refractivity contribution in [2.24, 2.45) is 0 Å². The zero-order valence-electron chi connectivity index (χ0n) is 9.15. The van der Waals surface area contributed by atoms with Crippen LogP contribution >= 0.6 is 11.6 Å². The minimum absolute atomic E-state index is 0. The van der Waals surface area contributed by atoms with Crippen molar-refractivity contribution in [3.05, 3.63) is 0 Å². The zero-order valence-corrected chi connectivity index (χ0v) is 10.7. The third-order valence-corrected chi connectivity index (χ3v) is 2.85. The molecule has 0 aliphatic heterocycles. The Morgan fingerprint density at radius 2 is 1.15 bits per heavy atom. The van der Waals surface area contributed by atoms with Crippen molar-refractivity contribution in [3.8, 4) is 0 Å². The van der Waals surface area contributed by atoms with E-state index in [9.17, 15) is 0 Å². The fraction of sp³-hybridized carbons (Fsp3) is 1.00. The Morgan fingerprint density at radius 1 is 0.846 bits per heavy atom. The summed E-state index contributed by atoms with van der Waals surface area (Å²) in [6, 6.07) is 0.787. The van der Waals surface area contributed by atoms with Crippen LogP contribution in [0, 0.1) is 0 Å². The molecule has 1 nitrogen and oxygen atoms in total. The van der Waals surface area contributed by atoms with Crippen molar-refractivity contribution in [2.45, 2.75) is 40.0 Å². The molecule has 0 N–H and O–H groups in total. The smallest absolute Gasteiger partial charge is 0.154 e. The van der Waals surface area contributed by atoms with E-state index >= 15 is 0 Å². The van der Waals surface area contributed by atoms with Crippen LogP contribution in [0.3, 0.4) is 0 Å². The van der Waals surface area contributed by atoms with Crippen molar-refractivity contribution in [2.75, 3.05) is 25.6 Å². The van der Waals surface area contributed by atoms with Crippen molar-refractivity contribution in [1.29, 1.82) is 0 Å². The summed E-state index contributed by atoms with van der Waals surface area (Å²) < 4.78 is 1.12. The van der Waals surface area contributed by atoms with E-state index in [1.165, 1.54) is 38.9 Å². The lowest BCUT2D eigenvalue weighted by Gasteiger charge is -2.36. The van der Waals surface area contributed by atoms with Crippen molar-refractivity contribution in [1.82, 2.24) is 0 Å². The van der Waals surface area contributed by atoms with E-state index in [2.05, 4.69) is 20.8 Å². The molecule has 0 aliphatic carbocycles. The topological polar surface area (TPSA) is 0 Å². The lowest BCUT2D eigenvalue weighted by molar-refractivity contribution is -0.918. The molecule has 13 heavy (non-hydrogen) atoms. The second-order valence-corrected chi connectivity index (χ2v) is 3.87. The molecular weight excluding hydrogens is 205 g/mol. The van der Waals surface area contributed by atoms with Crippen LogP contribution in [0.15, 0.2) is 0 Å². The average molecular weight is 228 g/mol. The van der Waals surface area contributed by atoms with Gasteiger partial charge in [-0.1, -0.05) is 32.4 Å². The SMILES string of the molecule is CCC[N+](CCl)(CCC)CCC.[Cl-]. The lowest BCUT2D eigenvalue weighted by Crippen LogP contribution is -3.00. The van der Waals surface area contributed by atoms with Crippen LogP contribution in [0.4, 0.5) is 0 Å². The summed E-state index contributed by atoms with van der Waals surface area (Å²) in [4.78, 5) is 0. The number of hydrogen-bond donors (Lipinski definition) is 0. The molecule has 0 aromatic heterocycles. The van der Waals surface area contributed by atoms with Crippen molar-refractivity contribution >= 4 is 11.6 Å². The summed E-state index contributed by atoms with van der Waals surface area (Å²) in [7, 11) is 0. The van der Waals surface area contributed by atoms with Crippen LogP contribution < -0.4 is 12.4 Å². The van der Waals surface area contributed by atoms with Gasteiger partial charge in [-0.3, -0.25) is 0 Å². The fourth-order valence-electron chi connectivity index (χ4n) is 1.94. The van der Waals surface area contributed by atoms with E-state index in [1.807, 2.05) is 0 Å². The van der Waals surface area contributed by atoms with E-state index in [4.69, 9.17) is 11.6 Å². The highest BCUT2D eigenvalue weighted by Gasteiger charge is 2.22. The third kappa shape index (κ3) is 5.77. The van der Waals surface area contributed by atoms with Gasteiger partial charge >= 0.3 is 0 Å². The second-order valence-electron chi connectivity index (χ2n) is 3.63. The van der Waals surface area contributed by atoms with Gasteiger partial charge in [0.05, 0.1) is 19.6 Å². The van der Waals surface area contributed by atoms with Gasteiger partial charge in [0.25, 0.3) is 0 Å². The molecule has 82 valence electrons. The van der Waals surface area contributed by atoms with Crippen LogP contribution in [0.2, 0.25) is 0 Å². The Kier molecular flexibility index (Phi) is 11.2. The molecule has 0 heterocycles. The van der Waals surface area contributed by atoms with Gasteiger partial charge in [0, 0.05) is 0 Å². The summed E-state index contributed by atoms with van der Waals surface area (Å²) in [6.07, 6.45) is 3.73. The van der Waals surface area contributed by atoms with Crippen LogP contribution in [0.5, 0.6) is 0 Å². The van der Waals surface area contributed by atoms with Crippen LogP contribution in [0.1, 0.15) is 40.0 Å². The van der Waals surface area contributed by atoms with Crippen LogP contribution in [-0.4, -0.2) is 30.1 Å². The molecule has 0 aromatic rings. The molecule has 3 heteroatoms. The highest BCUT2D eigenvalue weighted by atomic mass is 35.5. The van der Waals surface area contributed by atoms with Crippen LogP contribution in [-0.2, 0) is 0 Å². The van der Waals surface area contributed by atoms with Crippen molar-refractivity contribution in [3.63, 3.8) is 0 Å². The first-order valence-electron chi connectivity index (χ1n) is 5.15. The highest BCUT2D eigenvalue weighted by molar-refractivity contribution is 6.16. The van der Waals surface area contributed by atoms with Gasteiger partial charge in [-0.15, -0.1) is 0 Å². The molecule has 0 fully saturated rings. The minimum atomic E-state index is 0. The number of hydrogen-bond acceptors (Lipinski definition) is 0. The Hall–Kier alpha value is 0.540. The monoisotopic (exact) mass is 227 g/mol. The molecule has 0 saturated heterocycles. The second kappa shape index (κ2) is 9.11. The summed E-state index contributed by atoms with van der Waals surface area (Å²) >= 11 is 6.03. The summed E-state index contributed by atoms with van der Waals surface area (Å²) in [6.45, 7) is 10.4. The van der Waals surface area contributed by atoms with Gasteiger partial charge in [0.2, 0.25) is 0 Å². The van der Waals surface area contributed by atoms with E-state index in [0.29, 0.717) is 0 Å². The van der Waals surface area contributed by atoms with Gasteiger partial charge in [-0.2, -0.15) is 0 Å². The number of rotatable bonds is 7. The number of halogens is 2. The maximum absolute atomic E-state index is 6.03. The first kappa shape index (κ1) is 16.0. The van der Waals surface area contributed by atoms with Gasteiger partial charge in [0.15, 0.2) is 6.00 Å². The third-order valence-electron chi connectivity index (χ3n) is 2.35. The highest BCUT2D eigenvalue weighted by Crippen LogP contribution is 2.12. The molecule has 0 rings (SSSR count). The Bertz CT molecular complexity index is 90.1. The maximum atomic E-state index is 6.03. The Labute approximate surface area is 94.4 Å². The molecule has 0 aliphatic rings. The summed E-state index contributed by atoms with van der Waals surface area (Å²) in [5.41, 5.74) is 0. The number of quaternary nitrogens is 1. The fourth-order valence-corrected chi connectivity index (χ4v) is 2.30. The quantitative estimate of drug-likeness (QED) is 0.332. The molecule has 0 radical (unpaired) electrons. The maximum Gasteiger partial charge on any atom is 0.154 e. The predicted octanol–water partition coefficient (Wildman–Crippen LogP) is 0.234. The predicted molar refractivity (Wildman–Crippen MR) is 56.5 cm³/mol. The normalized spacial score (nSPS) is 11.1. The molecule has 0 amide bonds. The Morgan fingerprint density at radius 3 is 1.31 bits per heavy atom. The van der Waals surface area contributed by atoms with Crippen LogP contribution in [0.25, 0.3) is 0 Å². The standard InChI is InChI=1S/C10H23ClN.ClH/c1-4-7-12(10-11,8-5-2)9-6-3;/h4-10H2,1-3H3;1H/q+1;/p-1. The van der Waals surface area contributed by atoms with Crippen molar-refractivity contribution < 1.29 is 16.9 Å². The first-order valence-corrected chi connectivity index (χ1v) is 5.69. The minimum Gasteiger partial charge on any atom is -1.00 e. The van der Waals surface area contributed by atoms with Gasteiger partial charge in [-0.05, 0) is 19.3 Å². The van der Waals surface area contributed by atoms with E-state index in [0.717, 1.165) is 10.5 Å². The van der Waals surface area contributed by atoms with E-state index in [-0.39, 0.29) is 12.4 Å². The zero-order chi connectivity index (χ0) is 9.45. The first-order chi connectivity index (χ1) is 5.74. The van der Waals surface area contributed by atoms with E-state index in [1.54, 1.807) is 0 Å². The lowest BCUT2D eigenvalue weighted by atomic mass is 10.2. The number of alkyl halides is 1. The molecule has 0 unspecified atom stereocenters. The summed E-state index contributed by atoms with van der Waals surface area (Å²) in [5, 5.41) is 0. The summed E-state index contributed by atoms with van der Waals surface area (Å²) in [5.74, 6) is 0. The van der Waals surface area contributed by atoms with Gasteiger partial charge in [-0.25, -0.2) is 0 Å². The van der Waals surface area contributed by atoms with Gasteiger partial charge < -0.3 is 16.9 Å². The molecule has 0 bridgehead atoms. The molecular formula is C10H23Cl2N. The van der Waals surface area contributed by atoms with E-state index < -0.39 is 0 Å². The van der Waals surface area contributed by atoms with Gasteiger partial charge in [0.1, 0.15) is 0 Å². The Balaban J connectivity index is 0. The largest absolute Gasteiger partial charge is 1.00 e. The molecule has 0 aromatic carbocycles. The molecule has 0 saturated carbocycles. The molecule has 0 atom stereocenters. The molecule has 0 spiro atoms.